The monoisotopic (exact) mass is 152 g/mol. The predicted octanol–water partition coefficient (Wildman–Crippen LogP) is 3.32. The second-order valence-corrected chi connectivity index (χ2v) is 5.02. The summed E-state index contributed by atoms with van der Waals surface area (Å²) in [4.78, 5) is 0. The SMILES string of the molecule is CCC12C(C)C1C2CC(C)C. The average Bonchev–Trinajstić information content (AvgIpc) is 2.75. The van der Waals surface area contributed by atoms with Crippen molar-refractivity contribution in [3.8, 4) is 0 Å². The Morgan fingerprint density at radius 3 is 2.27 bits per heavy atom. The normalized spacial score (nSPS) is 52.6. The summed E-state index contributed by atoms with van der Waals surface area (Å²) in [6.45, 7) is 9.51. The molecular weight excluding hydrogens is 132 g/mol. The third kappa shape index (κ3) is 0.761. The van der Waals surface area contributed by atoms with Gasteiger partial charge >= 0.3 is 0 Å². The van der Waals surface area contributed by atoms with Gasteiger partial charge in [-0.1, -0.05) is 27.7 Å². The highest BCUT2D eigenvalue weighted by Gasteiger charge is 2.81. The van der Waals surface area contributed by atoms with Crippen molar-refractivity contribution in [1.29, 1.82) is 0 Å². The summed E-state index contributed by atoms with van der Waals surface area (Å²) in [5.74, 6) is 4.28. The molecule has 2 rings (SSSR count). The molecule has 0 N–H and O–H groups in total. The molecule has 0 heteroatoms. The minimum absolute atomic E-state index is 0.865. The van der Waals surface area contributed by atoms with Crippen LogP contribution in [0.25, 0.3) is 0 Å². The van der Waals surface area contributed by atoms with E-state index in [4.69, 9.17) is 0 Å². The van der Waals surface area contributed by atoms with Gasteiger partial charge in [0, 0.05) is 0 Å². The van der Waals surface area contributed by atoms with Gasteiger partial charge in [0.15, 0.2) is 0 Å². The molecule has 0 amide bonds. The third-order valence-corrected chi connectivity index (χ3v) is 4.25. The third-order valence-electron chi connectivity index (χ3n) is 4.25. The van der Waals surface area contributed by atoms with Gasteiger partial charge in [-0.25, -0.2) is 0 Å². The highest BCUT2D eigenvalue weighted by atomic mass is 14.9. The lowest BCUT2D eigenvalue weighted by Crippen LogP contribution is -2.08. The molecule has 4 unspecified atom stereocenters. The Morgan fingerprint density at radius 1 is 1.36 bits per heavy atom. The molecule has 0 spiro atoms. The molecular formula is C11H20. The molecule has 2 saturated carbocycles. The van der Waals surface area contributed by atoms with Crippen LogP contribution >= 0.6 is 0 Å². The summed E-state index contributed by atoms with van der Waals surface area (Å²) in [6.07, 6.45) is 2.93. The Morgan fingerprint density at radius 2 is 2.00 bits per heavy atom. The molecule has 2 aliphatic carbocycles. The fraction of sp³-hybridized carbons (Fsp3) is 1.00. The topological polar surface area (TPSA) is 0 Å². The molecule has 0 nitrogen and oxygen atoms in total. The summed E-state index contributed by atoms with van der Waals surface area (Å²) in [5, 5.41) is 0. The Hall–Kier alpha value is 0. The lowest BCUT2D eigenvalue weighted by Gasteiger charge is -2.16. The molecule has 0 aromatic rings. The van der Waals surface area contributed by atoms with Crippen LogP contribution in [0.15, 0.2) is 0 Å². The van der Waals surface area contributed by atoms with Crippen LogP contribution in [0.4, 0.5) is 0 Å². The molecule has 2 fully saturated rings. The van der Waals surface area contributed by atoms with Crippen LogP contribution < -0.4 is 0 Å². The quantitative estimate of drug-likeness (QED) is 0.582. The van der Waals surface area contributed by atoms with Crippen molar-refractivity contribution in [1.82, 2.24) is 0 Å². The van der Waals surface area contributed by atoms with Crippen molar-refractivity contribution >= 4 is 0 Å². The largest absolute Gasteiger partial charge is 0.0648 e. The average molecular weight is 152 g/mol. The minimum Gasteiger partial charge on any atom is -0.0648 e. The maximum absolute atomic E-state index is 2.44. The van der Waals surface area contributed by atoms with Gasteiger partial charge in [0.2, 0.25) is 0 Å². The van der Waals surface area contributed by atoms with Crippen molar-refractivity contribution in [2.24, 2.45) is 29.1 Å². The van der Waals surface area contributed by atoms with E-state index in [1.165, 1.54) is 12.8 Å². The molecule has 0 heterocycles. The summed E-state index contributed by atoms with van der Waals surface area (Å²) in [6, 6.07) is 0. The Bertz CT molecular complexity index is 171. The summed E-state index contributed by atoms with van der Waals surface area (Å²) >= 11 is 0. The molecule has 0 bridgehead atoms. The van der Waals surface area contributed by atoms with Crippen molar-refractivity contribution in [2.45, 2.75) is 40.5 Å². The van der Waals surface area contributed by atoms with E-state index in [1.54, 1.807) is 0 Å². The van der Waals surface area contributed by atoms with Crippen LogP contribution in [-0.2, 0) is 0 Å². The van der Waals surface area contributed by atoms with Crippen LogP contribution in [0, 0.1) is 29.1 Å². The van der Waals surface area contributed by atoms with Gasteiger partial charge in [-0.15, -0.1) is 0 Å². The summed E-state index contributed by atoms with van der Waals surface area (Å²) < 4.78 is 0. The van der Waals surface area contributed by atoms with Crippen LogP contribution in [0.3, 0.4) is 0 Å². The Balaban J connectivity index is 1.87. The van der Waals surface area contributed by atoms with Gasteiger partial charge < -0.3 is 0 Å². The van der Waals surface area contributed by atoms with Gasteiger partial charge in [0.05, 0.1) is 0 Å². The number of rotatable bonds is 3. The van der Waals surface area contributed by atoms with E-state index in [1.807, 2.05) is 0 Å². The standard InChI is InChI=1S/C11H20/c1-5-11-8(4)10(11)9(11)6-7(2)3/h7-10H,5-6H2,1-4H3. The zero-order valence-corrected chi connectivity index (χ0v) is 8.22. The molecule has 0 aliphatic heterocycles. The Kier molecular flexibility index (Phi) is 1.41. The first-order valence-corrected chi connectivity index (χ1v) is 5.14. The molecule has 0 radical (unpaired) electrons. The van der Waals surface area contributed by atoms with E-state index < -0.39 is 0 Å². The first-order valence-electron chi connectivity index (χ1n) is 5.14. The molecule has 11 heavy (non-hydrogen) atoms. The van der Waals surface area contributed by atoms with E-state index in [0.29, 0.717) is 0 Å². The minimum atomic E-state index is 0.865. The van der Waals surface area contributed by atoms with Crippen LogP contribution in [0.5, 0.6) is 0 Å². The second-order valence-electron chi connectivity index (χ2n) is 5.02. The zero-order valence-electron chi connectivity index (χ0n) is 8.22. The molecule has 64 valence electrons. The fourth-order valence-corrected chi connectivity index (χ4v) is 3.53. The second kappa shape index (κ2) is 2.02. The van der Waals surface area contributed by atoms with Gasteiger partial charge in [0.25, 0.3) is 0 Å². The first-order chi connectivity index (χ1) is 5.14. The highest BCUT2D eigenvalue weighted by Crippen LogP contribution is 2.86. The lowest BCUT2D eigenvalue weighted by molar-refractivity contribution is 0.333. The fourth-order valence-electron chi connectivity index (χ4n) is 3.53. The van der Waals surface area contributed by atoms with E-state index in [9.17, 15) is 0 Å². The van der Waals surface area contributed by atoms with Crippen LogP contribution in [0.1, 0.15) is 40.5 Å². The molecule has 0 aromatic heterocycles. The van der Waals surface area contributed by atoms with Crippen molar-refractivity contribution in [3.63, 3.8) is 0 Å². The molecule has 4 atom stereocenters. The highest BCUT2D eigenvalue weighted by molar-refractivity contribution is 5.29. The first kappa shape index (κ1) is 7.64. The van der Waals surface area contributed by atoms with Gasteiger partial charge in [-0.2, -0.15) is 0 Å². The van der Waals surface area contributed by atoms with Crippen LogP contribution in [-0.4, -0.2) is 0 Å². The van der Waals surface area contributed by atoms with E-state index in [-0.39, 0.29) is 0 Å². The Labute approximate surface area is 70.4 Å². The zero-order chi connectivity index (χ0) is 8.22. The number of fused-ring (bicyclic) bond motifs is 1. The number of hydrogen-bond donors (Lipinski definition) is 0. The van der Waals surface area contributed by atoms with Crippen molar-refractivity contribution in [2.75, 3.05) is 0 Å². The van der Waals surface area contributed by atoms with E-state index in [2.05, 4.69) is 27.7 Å². The predicted molar refractivity (Wildman–Crippen MR) is 48.3 cm³/mol. The molecule has 2 aliphatic rings. The van der Waals surface area contributed by atoms with Gasteiger partial charge in [-0.3, -0.25) is 0 Å². The smallest absolute Gasteiger partial charge is 0.0206 e. The molecule has 0 saturated heterocycles. The summed E-state index contributed by atoms with van der Waals surface area (Å²) in [7, 11) is 0. The number of hydrogen-bond acceptors (Lipinski definition) is 0. The van der Waals surface area contributed by atoms with E-state index >= 15 is 0 Å². The van der Waals surface area contributed by atoms with Gasteiger partial charge in [-0.05, 0) is 41.9 Å². The summed E-state index contributed by atoms with van der Waals surface area (Å²) in [5.41, 5.74) is 0.865. The maximum Gasteiger partial charge on any atom is -0.0206 e. The van der Waals surface area contributed by atoms with Crippen molar-refractivity contribution < 1.29 is 0 Å². The van der Waals surface area contributed by atoms with E-state index in [0.717, 1.165) is 29.1 Å². The van der Waals surface area contributed by atoms with Gasteiger partial charge in [0.1, 0.15) is 0 Å². The van der Waals surface area contributed by atoms with Crippen LogP contribution in [0.2, 0.25) is 0 Å². The lowest BCUT2D eigenvalue weighted by atomic mass is 9.89. The maximum atomic E-state index is 2.44. The van der Waals surface area contributed by atoms with Crippen molar-refractivity contribution in [3.05, 3.63) is 0 Å². The molecule has 0 aromatic carbocycles.